The summed E-state index contributed by atoms with van der Waals surface area (Å²) in [5.41, 5.74) is 6.76. The molecule has 1 rings (SSSR count). The third kappa shape index (κ3) is 3.93. The van der Waals surface area contributed by atoms with Crippen molar-refractivity contribution in [3.05, 3.63) is 23.8 Å². The lowest BCUT2D eigenvalue weighted by molar-refractivity contribution is 0.0700. The fourth-order valence-corrected chi connectivity index (χ4v) is 1.38. The first-order valence-corrected chi connectivity index (χ1v) is 5.31. The van der Waals surface area contributed by atoms with Crippen LogP contribution in [0.5, 0.6) is 0 Å². The van der Waals surface area contributed by atoms with Gasteiger partial charge in [0.05, 0.1) is 0 Å². The maximum absolute atomic E-state index is 5.69. The second-order valence-electron chi connectivity index (χ2n) is 3.73. The molecule has 0 aliphatic heterocycles. The van der Waals surface area contributed by atoms with E-state index in [2.05, 4.69) is 9.97 Å². The average molecular weight is 209 g/mol. The van der Waals surface area contributed by atoms with Crippen molar-refractivity contribution in [3.63, 3.8) is 0 Å². The van der Waals surface area contributed by atoms with Crippen LogP contribution in [-0.2, 0) is 11.2 Å². The van der Waals surface area contributed by atoms with Crippen LogP contribution in [0.2, 0.25) is 0 Å². The quantitative estimate of drug-likeness (QED) is 0.797. The molecule has 0 spiro atoms. The molecule has 2 unspecified atom stereocenters. The summed E-state index contributed by atoms with van der Waals surface area (Å²) in [5, 5.41) is 0. The van der Waals surface area contributed by atoms with Gasteiger partial charge >= 0.3 is 0 Å². The van der Waals surface area contributed by atoms with Crippen LogP contribution in [0, 0.1) is 0 Å². The lowest BCUT2D eigenvalue weighted by Gasteiger charge is -2.10. The second kappa shape index (κ2) is 5.78. The first-order chi connectivity index (χ1) is 7.13. The van der Waals surface area contributed by atoms with Gasteiger partial charge in [0.2, 0.25) is 0 Å². The number of rotatable bonds is 5. The van der Waals surface area contributed by atoms with Crippen molar-refractivity contribution >= 4 is 0 Å². The van der Waals surface area contributed by atoms with Crippen LogP contribution in [-0.4, -0.2) is 22.6 Å². The van der Waals surface area contributed by atoms with Crippen molar-refractivity contribution in [2.75, 3.05) is 6.61 Å². The van der Waals surface area contributed by atoms with Gasteiger partial charge in [-0.05, 0) is 32.8 Å². The summed E-state index contributed by atoms with van der Waals surface area (Å²) in [7, 11) is 0. The lowest BCUT2D eigenvalue weighted by Crippen LogP contribution is -2.18. The fraction of sp³-hybridized carbons (Fsp3) is 0.636. The molecule has 0 saturated carbocycles. The minimum Gasteiger partial charge on any atom is -0.371 e. The summed E-state index contributed by atoms with van der Waals surface area (Å²) in [5.74, 6) is 0.727. The number of hydrogen-bond donors (Lipinski definition) is 1. The van der Waals surface area contributed by atoms with Crippen molar-refractivity contribution < 1.29 is 4.74 Å². The largest absolute Gasteiger partial charge is 0.371 e. The van der Waals surface area contributed by atoms with Crippen molar-refractivity contribution in [1.29, 1.82) is 0 Å². The molecule has 2 atom stereocenters. The zero-order valence-electron chi connectivity index (χ0n) is 9.60. The van der Waals surface area contributed by atoms with Gasteiger partial charge in [-0.1, -0.05) is 0 Å². The molecule has 4 nitrogen and oxygen atoms in total. The summed E-state index contributed by atoms with van der Waals surface area (Å²) in [6, 6.07) is 0.142. The van der Waals surface area contributed by atoms with E-state index in [0.29, 0.717) is 6.61 Å². The number of nitrogens with zero attached hydrogens (tertiary/aromatic N) is 2. The predicted octanol–water partition coefficient (Wildman–Crippen LogP) is 1.46. The van der Waals surface area contributed by atoms with Crippen LogP contribution in [0.15, 0.2) is 12.4 Å². The molecule has 0 radical (unpaired) electrons. The third-order valence-corrected chi connectivity index (χ3v) is 2.06. The monoisotopic (exact) mass is 209 g/mol. The molecule has 0 bridgehead atoms. The van der Waals surface area contributed by atoms with E-state index in [1.165, 1.54) is 0 Å². The molecular weight excluding hydrogens is 190 g/mol. The van der Waals surface area contributed by atoms with Gasteiger partial charge in [-0.2, -0.15) is 0 Å². The molecule has 1 aromatic rings. The molecule has 1 heterocycles. The minimum absolute atomic E-state index is 0.0423. The van der Waals surface area contributed by atoms with Crippen LogP contribution in [0.25, 0.3) is 0 Å². The molecule has 1 aromatic heterocycles. The lowest BCUT2D eigenvalue weighted by atomic mass is 10.1. The molecule has 15 heavy (non-hydrogen) atoms. The van der Waals surface area contributed by atoms with Gasteiger partial charge in [0.25, 0.3) is 0 Å². The number of ether oxygens (including phenoxy) is 1. The van der Waals surface area contributed by atoms with E-state index < -0.39 is 0 Å². The normalized spacial score (nSPS) is 14.9. The van der Waals surface area contributed by atoms with Crippen molar-refractivity contribution in [1.82, 2.24) is 9.97 Å². The van der Waals surface area contributed by atoms with Crippen molar-refractivity contribution in [2.24, 2.45) is 5.73 Å². The highest BCUT2D eigenvalue weighted by Gasteiger charge is 2.08. The van der Waals surface area contributed by atoms with Gasteiger partial charge in [0.15, 0.2) is 5.82 Å². The third-order valence-electron chi connectivity index (χ3n) is 2.06. The van der Waals surface area contributed by atoms with Crippen molar-refractivity contribution in [2.45, 2.75) is 39.3 Å². The van der Waals surface area contributed by atoms with Gasteiger partial charge in [0.1, 0.15) is 6.10 Å². The summed E-state index contributed by atoms with van der Waals surface area (Å²) in [6.45, 7) is 6.55. The maximum atomic E-state index is 5.69. The number of nitrogens with two attached hydrogens (primary N) is 1. The molecular formula is C11H19N3O. The summed E-state index contributed by atoms with van der Waals surface area (Å²) in [4.78, 5) is 8.52. The van der Waals surface area contributed by atoms with Crippen molar-refractivity contribution in [3.8, 4) is 0 Å². The van der Waals surface area contributed by atoms with Gasteiger partial charge in [-0.25, -0.2) is 9.97 Å². The van der Waals surface area contributed by atoms with E-state index in [1.807, 2.05) is 33.2 Å². The van der Waals surface area contributed by atoms with Crippen LogP contribution >= 0.6 is 0 Å². The van der Waals surface area contributed by atoms with E-state index in [9.17, 15) is 0 Å². The Morgan fingerprint density at radius 2 is 1.93 bits per heavy atom. The number of aromatic nitrogens is 2. The fourth-order valence-electron chi connectivity index (χ4n) is 1.38. The van der Waals surface area contributed by atoms with Crippen LogP contribution in [0.1, 0.15) is 38.3 Å². The average Bonchev–Trinajstić information content (AvgIpc) is 2.18. The van der Waals surface area contributed by atoms with E-state index in [-0.39, 0.29) is 12.1 Å². The topological polar surface area (TPSA) is 61.0 Å². The highest BCUT2D eigenvalue weighted by atomic mass is 16.5. The zero-order valence-corrected chi connectivity index (χ0v) is 9.60. The molecule has 0 amide bonds. The first-order valence-electron chi connectivity index (χ1n) is 5.31. The molecule has 84 valence electrons. The van der Waals surface area contributed by atoms with Gasteiger partial charge < -0.3 is 10.5 Å². The molecule has 0 fully saturated rings. The first kappa shape index (κ1) is 12.1. The van der Waals surface area contributed by atoms with E-state index in [1.54, 1.807) is 0 Å². The molecule has 0 saturated heterocycles. The molecule has 2 N–H and O–H groups in total. The van der Waals surface area contributed by atoms with Crippen LogP contribution in [0.3, 0.4) is 0 Å². The summed E-state index contributed by atoms with van der Waals surface area (Å²) in [6.07, 6.45) is 4.41. The van der Waals surface area contributed by atoms with Gasteiger partial charge in [-0.3, -0.25) is 0 Å². The molecule has 0 aliphatic rings. The predicted molar refractivity (Wildman–Crippen MR) is 59.4 cm³/mol. The Bertz CT molecular complexity index is 284. The Morgan fingerprint density at radius 1 is 1.33 bits per heavy atom. The summed E-state index contributed by atoms with van der Waals surface area (Å²) >= 11 is 0. The van der Waals surface area contributed by atoms with E-state index >= 15 is 0 Å². The Balaban J connectivity index is 2.63. The van der Waals surface area contributed by atoms with Gasteiger partial charge in [-0.15, -0.1) is 0 Å². The Morgan fingerprint density at radius 3 is 2.40 bits per heavy atom. The second-order valence-corrected chi connectivity index (χ2v) is 3.73. The maximum Gasteiger partial charge on any atom is 0.156 e. The minimum atomic E-state index is -0.0423. The smallest absolute Gasteiger partial charge is 0.156 e. The Kier molecular flexibility index (Phi) is 4.65. The Labute approximate surface area is 90.9 Å². The van der Waals surface area contributed by atoms with E-state index in [4.69, 9.17) is 10.5 Å². The van der Waals surface area contributed by atoms with Gasteiger partial charge in [0, 0.05) is 25.0 Å². The van der Waals surface area contributed by atoms with Crippen LogP contribution < -0.4 is 5.73 Å². The van der Waals surface area contributed by atoms with E-state index in [0.717, 1.165) is 17.8 Å². The molecule has 4 heteroatoms. The SMILES string of the molecule is CCOC(C)c1ncc(CC(C)N)cn1. The molecule has 0 aliphatic carbocycles. The highest BCUT2D eigenvalue weighted by Crippen LogP contribution is 2.11. The highest BCUT2D eigenvalue weighted by molar-refractivity contribution is 5.07. The number of hydrogen-bond acceptors (Lipinski definition) is 4. The summed E-state index contributed by atoms with van der Waals surface area (Å²) < 4.78 is 5.40. The zero-order chi connectivity index (χ0) is 11.3. The standard InChI is InChI=1S/C11H19N3O/c1-4-15-9(3)11-13-6-10(7-14-11)5-8(2)12/h6-9H,4-5,12H2,1-3H3. The molecule has 0 aromatic carbocycles. The van der Waals surface area contributed by atoms with Crippen LogP contribution in [0.4, 0.5) is 0 Å². The Hall–Kier alpha value is -1.00.